The molecule has 0 aromatic heterocycles. The Labute approximate surface area is 129 Å². The number of carbonyl (C=O) groups is 1. The lowest BCUT2D eigenvalue weighted by Crippen LogP contribution is -2.23. The van der Waals surface area contributed by atoms with Gasteiger partial charge in [0.2, 0.25) is 5.91 Å². The first-order chi connectivity index (χ1) is 10.6. The number of rotatable bonds is 5. The predicted molar refractivity (Wildman–Crippen MR) is 82.5 cm³/mol. The molecule has 0 fully saturated rings. The molecule has 0 heterocycles. The van der Waals surface area contributed by atoms with E-state index in [2.05, 4.69) is 11.4 Å². The molecule has 0 saturated carbocycles. The van der Waals surface area contributed by atoms with Crippen LogP contribution in [0.1, 0.15) is 28.7 Å². The lowest BCUT2D eigenvalue weighted by atomic mass is 10.1. The van der Waals surface area contributed by atoms with Crippen LogP contribution in [0.5, 0.6) is 0 Å². The van der Waals surface area contributed by atoms with Crippen LogP contribution < -0.4 is 5.32 Å². The van der Waals surface area contributed by atoms with Gasteiger partial charge in [-0.15, -0.1) is 0 Å². The van der Waals surface area contributed by atoms with Crippen LogP contribution in [0.15, 0.2) is 42.5 Å². The Morgan fingerprint density at radius 2 is 1.86 bits per heavy atom. The van der Waals surface area contributed by atoms with Crippen LogP contribution in [0.4, 0.5) is 4.39 Å². The fourth-order valence-corrected chi connectivity index (χ4v) is 2.04. The summed E-state index contributed by atoms with van der Waals surface area (Å²) in [4.78, 5) is 11.8. The minimum absolute atomic E-state index is 0.0784. The Bertz CT molecular complexity index is 702. The third kappa shape index (κ3) is 4.42. The quantitative estimate of drug-likeness (QED) is 0.920. The number of aryl methyl sites for hydroxylation is 2. The molecular weight excluding hydrogens is 279 g/mol. The van der Waals surface area contributed by atoms with Gasteiger partial charge in [0.25, 0.3) is 0 Å². The Kier molecular flexibility index (Phi) is 5.26. The third-order valence-corrected chi connectivity index (χ3v) is 3.45. The summed E-state index contributed by atoms with van der Waals surface area (Å²) in [5.41, 5.74) is 2.95. The summed E-state index contributed by atoms with van der Waals surface area (Å²) in [6.45, 7) is 2.03. The maximum Gasteiger partial charge on any atom is 0.220 e. The molecule has 3 nitrogen and oxygen atoms in total. The topological polar surface area (TPSA) is 52.9 Å². The first-order valence-electron chi connectivity index (χ1n) is 7.09. The molecule has 0 aliphatic rings. The average Bonchev–Trinajstić information content (AvgIpc) is 2.54. The SMILES string of the molecule is Cc1ccc(CNC(=O)CCc2ccc(C#N)cc2)cc1F. The molecule has 2 rings (SSSR count). The number of hydrogen-bond donors (Lipinski definition) is 1. The number of nitrogens with one attached hydrogen (secondary N) is 1. The number of amides is 1. The highest BCUT2D eigenvalue weighted by Crippen LogP contribution is 2.09. The summed E-state index contributed by atoms with van der Waals surface area (Å²) >= 11 is 0. The molecule has 0 bridgehead atoms. The van der Waals surface area contributed by atoms with Gasteiger partial charge in [-0.2, -0.15) is 5.26 Å². The first kappa shape index (κ1) is 15.7. The third-order valence-electron chi connectivity index (χ3n) is 3.45. The van der Waals surface area contributed by atoms with Crippen molar-refractivity contribution in [1.82, 2.24) is 5.32 Å². The number of hydrogen-bond acceptors (Lipinski definition) is 2. The monoisotopic (exact) mass is 296 g/mol. The molecular formula is C18H17FN2O. The summed E-state index contributed by atoms with van der Waals surface area (Å²) in [7, 11) is 0. The highest BCUT2D eigenvalue weighted by atomic mass is 19.1. The van der Waals surface area contributed by atoms with E-state index in [1.165, 1.54) is 6.07 Å². The van der Waals surface area contributed by atoms with E-state index in [9.17, 15) is 9.18 Å². The van der Waals surface area contributed by atoms with E-state index in [-0.39, 0.29) is 11.7 Å². The predicted octanol–water partition coefficient (Wildman–Crippen LogP) is 3.25. The Morgan fingerprint density at radius 3 is 2.50 bits per heavy atom. The average molecular weight is 296 g/mol. The molecule has 0 aliphatic carbocycles. The minimum atomic E-state index is -0.260. The van der Waals surface area contributed by atoms with E-state index in [0.29, 0.717) is 30.5 Å². The number of halogens is 1. The van der Waals surface area contributed by atoms with Crippen molar-refractivity contribution >= 4 is 5.91 Å². The van der Waals surface area contributed by atoms with E-state index >= 15 is 0 Å². The minimum Gasteiger partial charge on any atom is -0.352 e. The smallest absolute Gasteiger partial charge is 0.220 e. The van der Waals surface area contributed by atoms with Crippen molar-refractivity contribution in [2.24, 2.45) is 0 Å². The molecule has 2 aromatic carbocycles. The second kappa shape index (κ2) is 7.37. The number of nitriles is 1. The van der Waals surface area contributed by atoms with Crippen LogP contribution in [-0.4, -0.2) is 5.91 Å². The molecule has 4 heteroatoms. The van der Waals surface area contributed by atoms with E-state index in [0.717, 1.165) is 11.1 Å². The van der Waals surface area contributed by atoms with Crippen LogP contribution in [0.25, 0.3) is 0 Å². The second-order valence-electron chi connectivity index (χ2n) is 5.17. The van der Waals surface area contributed by atoms with Crippen LogP contribution in [0.2, 0.25) is 0 Å². The number of nitrogens with zero attached hydrogens (tertiary/aromatic N) is 1. The van der Waals surface area contributed by atoms with Crippen LogP contribution in [-0.2, 0) is 17.8 Å². The summed E-state index contributed by atoms with van der Waals surface area (Å²) < 4.78 is 13.4. The maximum absolute atomic E-state index is 13.4. The first-order valence-corrected chi connectivity index (χ1v) is 7.09. The van der Waals surface area contributed by atoms with Crippen LogP contribution in [0.3, 0.4) is 0 Å². The van der Waals surface area contributed by atoms with Crippen molar-refractivity contribution in [3.8, 4) is 6.07 Å². The van der Waals surface area contributed by atoms with E-state index in [1.807, 2.05) is 12.1 Å². The zero-order chi connectivity index (χ0) is 15.9. The summed E-state index contributed by atoms with van der Waals surface area (Å²) in [5, 5.41) is 11.5. The fraction of sp³-hybridized carbons (Fsp3) is 0.222. The van der Waals surface area contributed by atoms with Gasteiger partial charge in [-0.25, -0.2) is 4.39 Å². The van der Waals surface area contributed by atoms with Gasteiger partial charge in [0, 0.05) is 13.0 Å². The van der Waals surface area contributed by atoms with Crippen LogP contribution in [0, 0.1) is 24.1 Å². The summed E-state index contributed by atoms with van der Waals surface area (Å²) in [5.74, 6) is -0.338. The Morgan fingerprint density at radius 1 is 1.18 bits per heavy atom. The molecule has 0 atom stereocenters. The van der Waals surface area contributed by atoms with Gasteiger partial charge in [0.1, 0.15) is 5.82 Å². The van der Waals surface area contributed by atoms with Crippen molar-refractivity contribution in [3.05, 3.63) is 70.5 Å². The standard InChI is InChI=1S/C18H17FN2O/c1-13-2-3-16(10-17(13)19)12-21-18(22)9-8-14-4-6-15(11-20)7-5-14/h2-7,10H,8-9,12H2,1H3,(H,21,22). The van der Waals surface area contributed by atoms with E-state index < -0.39 is 0 Å². The lowest BCUT2D eigenvalue weighted by molar-refractivity contribution is -0.121. The van der Waals surface area contributed by atoms with Crippen molar-refractivity contribution in [2.75, 3.05) is 0 Å². The van der Waals surface area contributed by atoms with Gasteiger partial charge < -0.3 is 5.32 Å². The molecule has 1 N–H and O–H groups in total. The van der Waals surface area contributed by atoms with Gasteiger partial charge in [-0.3, -0.25) is 4.79 Å². The van der Waals surface area contributed by atoms with Crippen molar-refractivity contribution < 1.29 is 9.18 Å². The summed E-state index contributed by atoms with van der Waals surface area (Å²) in [6, 6.07) is 14.2. The molecule has 0 unspecified atom stereocenters. The number of benzene rings is 2. The molecule has 0 aliphatic heterocycles. The van der Waals surface area contributed by atoms with Crippen LogP contribution >= 0.6 is 0 Å². The molecule has 2 aromatic rings. The van der Waals surface area contributed by atoms with Crippen molar-refractivity contribution in [3.63, 3.8) is 0 Å². The highest BCUT2D eigenvalue weighted by molar-refractivity contribution is 5.76. The fourth-order valence-electron chi connectivity index (χ4n) is 2.04. The summed E-state index contributed by atoms with van der Waals surface area (Å²) in [6.07, 6.45) is 0.972. The van der Waals surface area contributed by atoms with Crippen molar-refractivity contribution in [2.45, 2.75) is 26.3 Å². The Hall–Kier alpha value is -2.67. The molecule has 112 valence electrons. The van der Waals surface area contributed by atoms with Gasteiger partial charge >= 0.3 is 0 Å². The zero-order valence-electron chi connectivity index (χ0n) is 12.4. The van der Waals surface area contributed by atoms with E-state index in [1.54, 1.807) is 31.2 Å². The maximum atomic E-state index is 13.4. The van der Waals surface area contributed by atoms with Crippen molar-refractivity contribution in [1.29, 1.82) is 5.26 Å². The van der Waals surface area contributed by atoms with E-state index in [4.69, 9.17) is 5.26 Å². The van der Waals surface area contributed by atoms with Gasteiger partial charge in [-0.1, -0.05) is 24.3 Å². The van der Waals surface area contributed by atoms with Gasteiger partial charge in [0.15, 0.2) is 0 Å². The lowest BCUT2D eigenvalue weighted by Gasteiger charge is -2.07. The highest BCUT2D eigenvalue weighted by Gasteiger charge is 2.04. The van der Waals surface area contributed by atoms with Gasteiger partial charge in [0.05, 0.1) is 11.6 Å². The normalized spacial score (nSPS) is 10.0. The zero-order valence-corrected chi connectivity index (χ0v) is 12.4. The molecule has 0 spiro atoms. The largest absolute Gasteiger partial charge is 0.352 e. The van der Waals surface area contributed by atoms with Gasteiger partial charge in [-0.05, 0) is 48.2 Å². The molecule has 1 amide bonds. The second-order valence-corrected chi connectivity index (χ2v) is 5.17. The molecule has 0 radical (unpaired) electrons. The molecule has 0 saturated heterocycles. The Balaban J connectivity index is 1.80. The molecule has 22 heavy (non-hydrogen) atoms. The number of carbonyl (C=O) groups excluding carboxylic acids is 1.